The minimum atomic E-state index is -0.803. The molecule has 0 saturated heterocycles. The molecule has 0 spiro atoms. The molecule has 0 aliphatic rings. The fourth-order valence-corrected chi connectivity index (χ4v) is 1.19. The molecule has 1 aromatic carbocycles. The van der Waals surface area contributed by atoms with Crippen molar-refractivity contribution in [3.8, 4) is 0 Å². The highest BCUT2D eigenvalue weighted by molar-refractivity contribution is 6.31. The van der Waals surface area contributed by atoms with Gasteiger partial charge in [-0.1, -0.05) is 11.6 Å². The lowest BCUT2D eigenvalue weighted by Crippen LogP contribution is -2.07. The van der Waals surface area contributed by atoms with Gasteiger partial charge in [-0.25, -0.2) is 0 Å². The second kappa shape index (κ2) is 4.86. The number of benzene rings is 1. The highest BCUT2D eigenvalue weighted by atomic mass is 35.5. The van der Waals surface area contributed by atoms with Crippen LogP contribution in [0.25, 0.3) is 0 Å². The van der Waals surface area contributed by atoms with Crippen molar-refractivity contribution in [2.45, 2.75) is 13.3 Å². The molecule has 1 aromatic rings. The molecule has 0 aromatic heterocycles. The lowest BCUT2D eigenvalue weighted by atomic mass is 10.2. The zero-order valence-electron chi connectivity index (χ0n) is 7.88. The number of carbonyl (C=O) groups is 1. The first-order valence-corrected chi connectivity index (χ1v) is 4.69. The Balaban J connectivity index is 2.51. The summed E-state index contributed by atoms with van der Waals surface area (Å²) in [5, 5.41) is 12.2. The first-order chi connectivity index (χ1) is 6.59. The third kappa shape index (κ3) is 3.26. The van der Waals surface area contributed by atoms with Crippen LogP contribution in [-0.2, 0) is 4.79 Å². The van der Waals surface area contributed by atoms with E-state index in [1.54, 1.807) is 6.07 Å². The van der Waals surface area contributed by atoms with E-state index < -0.39 is 5.97 Å². The second-order valence-corrected chi connectivity index (χ2v) is 3.44. The number of nitrogens with one attached hydrogen (secondary N) is 1. The Bertz CT molecular complexity index is 339. The molecule has 14 heavy (non-hydrogen) atoms. The smallest absolute Gasteiger partial charge is 0.305 e. The van der Waals surface area contributed by atoms with Crippen molar-refractivity contribution >= 4 is 23.3 Å². The Kier molecular flexibility index (Phi) is 3.77. The van der Waals surface area contributed by atoms with E-state index in [0.717, 1.165) is 11.3 Å². The van der Waals surface area contributed by atoms with Crippen molar-refractivity contribution in [2.75, 3.05) is 11.9 Å². The molecule has 0 amide bonds. The van der Waals surface area contributed by atoms with Gasteiger partial charge in [0.05, 0.1) is 6.42 Å². The van der Waals surface area contributed by atoms with Crippen LogP contribution in [0, 0.1) is 6.92 Å². The van der Waals surface area contributed by atoms with Crippen LogP contribution in [0.3, 0.4) is 0 Å². The number of halogens is 1. The van der Waals surface area contributed by atoms with Gasteiger partial charge in [-0.05, 0) is 30.7 Å². The highest BCUT2D eigenvalue weighted by Gasteiger charge is 1.98. The fourth-order valence-electron chi connectivity index (χ4n) is 1.07. The number of anilines is 1. The molecule has 3 nitrogen and oxygen atoms in total. The van der Waals surface area contributed by atoms with Crippen LogP contribution in [-0.4, -0.2) is 17.6 Å². The van der Waals surface area contributed by atoms with E-state index in [0.29, 0.717) is 11.6 Å². The van der Waals surface area contributed by atoms with Crippen LogP contribution in [0.5, 0.6) is 0 Å². The molecule has 0 fully saturated rings. The van der Waals surface area contributed by atoms with Crippen molar-refractivity contribution in [1.82, 2.24) is 0 Å². The van der Waals surface area contributed by atoms with Crippen molar-refractivity contribution in [3.63, 3.8) is 0 Å². The first-order valence-electron chi connectivity index (χ1n) is 4.31. The van der Waals surface area contributed by atoms with E-state index in [1.807, 2.05) is 19.1 Å². The van der Waals surface area contributed by atoms with Crippen molar-refractivity contribution in [3.05, 3.63) is 28.8 Å². The number of hydrogen-bond donors (Lipinski definition) is 2. The molecule has 2 N–H and O–H groups in total. The third-order valence-corrected chi connectivity index (χ3v) is 2.25. The van der Waals surface area contributed by atoms with Crippen LogP contribution in [0.2, 0.25) is 5.02 Å². The number of carboxylic acids is 1. The van der Waals surface area contributed by atoms with Gasteiger partial charge in [-0.3, -0.25) is 4.79 Å². The first kappa shape index (κ1) is 10.9. The van der Waals surface area contributed by atoms with Gasteiger partial charge in [-0.2, -0.15) is 0 Å². The number of aryl methyl sites for hydroxylation is 1. The second-order valence-electron chi connectivity index (χ2n) is 3.03. The van der Waals surface area contributed by atoms with Crippen molar-refractivity contribution in [1.29, 1.82) is 0 Å². The van der Waals surface area contributed by atoms with Crippen LogP contribution in [0.1, 0.15) is 12.0 Å². The maximum atomic E-state index is 10.2. The zero-order chi connectivity index (χ0) is 10.6. The number of rotatable bonds is 4. The molecule has 1 rings (SSSR count). The minimum absolute atomic E-state index is 0.113. The summed E-state index contributed by atoms with van der Waals surface area (Å²) in [5.41, 5.74) is 1.88. The standard InChI is InChI=1S/C10H12ClNO2/c1-7-6-8(2-3-9(7)11)12-5-4-10(13)14/h2-3,6,12H,4-5H2,1H3,(H,13,14). The third-order valence-electron chi connectivity index (χ3n) is 1.83. The van der Waals surface area contributed by atoms with Crippen LogP contribution < -0.4 is 5.32 Å². The van der Waals surface area contributed by atoms with E-state index in [-0.39, 0.29) is 6.42 Å². The van der Waals surface area contributed by atoms with E-state index in [1.165, 1.54) is 0 Å². The Morgan fingerprint density at radius 2 is 2.29 bits per heavy atom. The number of aliphatic carboxylic acids is 1. The molecule has 0 aliphatic heterocycles. The van der Waals surface area contributed by atoms with Gasteiger partial charge < -0.3 is 10.4 Å². The largest absolute Gasteiger partial charge is 0.481 e. The van der Waals surface area contributed by atoms with E-state index in [9.17, 15) is 4.79 Å². The lowest BCUT2D eigenvalue weighted by molar-refractivity contribution is -0.136. The monoisotopic (exact) mass is 213 g/mol. The summed E-state index contributed by atoms with van der Waals surface area (Å²) in [5.74, 6) is -0.803. The summed E-state index contributed by atoms with van der Waals surface area (Å²) >= 11 is 5.84. The maximum Gasteiger partial charge on any atom is 0.305 e. The average molecular weight is 214 g/mol. The molecule has 0 unspecified atom stereocenters. The van der Waals surface area contributed by atoms with Gasteiger partial charge in [0, 0.05) is 17.3 Å². The SMILES string of the molecule is Cc1cc(NCCC(=O)O)ccc1Cl. The molecule has 4 heteroatoms. The van der Waals surface area contributed by atoms with E-state index in [2.05, 4.69) is 5.32 Å². The van der Waals surface area contributed by atoms with Gasteiger partial charge >= 0.3 is 5.97 Å². The highest BCUT2D eigenvalue weighted by Crippen LogP contribution is 2.19. The Morgan fingerprint density at radius 1 is 1.57 bits per heavy atom. The van der Waals surface area contributed by atoms with Crippen molar-refractivity contribution < 1.29 is 9.90 Å². The Labute approximate surface area is 87.7 Å². The molecular weight excluding hydrogens is 202 g/mol. The quantitative estimate of drug-likeness (QED) is 0.808. The molecule has 76 valence electrons. The molecule has 0 bridgehead atoms. The summed E-state index contributed by atoms with van der Waals surface area (Å²) in [6.45, 7) is 2.33. The molecular formula is C10H12ClNO2. The van der Waals surface area contributed by atoms with Gasteiger partial charge in [0.1, 0.15) is 0 Å². The molecule has 0 heterocycles. The predicted octanol–water partition coefficient (Wildman–Crippen LogP) is 2.54. The van der Waals surface area contributed by atoms with Gasteiger partial charge in [0.2, 0.25) is 0 Å². The molecule has 0 aliphatic carbocycles. The predicted molar refractivity (Wildman–Crippen MR) is 56.9 cm³/mol. The maximum absolute atomic E-state index is 10.2. The molecule has 0 saturated carbocycles. The number of carboxylic acid groups (broad SMARTS) is 1. The minimum Gasteiger partial charge on any atom is -0.481 e. The van der Waals surface area contributed by atoms with Gasteiger partial charge in [0.15, 0.2) is 0 Å². The van der Waals surface area contributed by atoms with Gasteiger partial charge in [0.25, 0.3) is 0 Å². The van der Waals surface area contributed by atoms with E-state index in [4.69, 9.17) is 16.7 Å². The zero-order valence-corrected chi connectivity index (χ0v) is 8.64. The fraction of sp³-hybridized carbons (Fsp3) is 0.300. The molecule has 0 atom stereocenters. The lowest BCUT2D eigenvalue weighted by Gasteiger charge is -2.06. The van der Waals surface area contributed by atoms with Gasteiger partial charge in [-0.15, -0.1) is 0 Å². The summed E-state index contributed by atoms with van der Waals surface area (Å²) < 4.78 is 0. The Hall–Kier alpha value is -1.22. The summed E-state index contributed by atoms with van der Waals surface area (Å²) in [7, 11) is 0. The Morgan fingerprint density at radius 3 is 2.86 bits per heavy atom. The number of hydrogen-bond acceptors (Lipinski definition) is 2. The normalized spacial score (nSPS) is 9.86. The summed E-state index contributed by atoms with van der Waals surface area (Å²) in [6, 6.07) is 5.52. The summed E-state index contributed by atoms with van der Waals surface area (Å²) in [4.78, 5) is 10.2. The summed E-state index contributed by atoms with van der Waals surface area (Å²) in [6.07, 6.45) is 0.113. The van der Waals surface area contributed by atoms with Crippen LogP contribution in [0.15, 0.2) is 18.2 Å². The average Bonchev–Trinajstić information content (AvgIpc) is 2.10. The van der Waals surface area contributed by atoms with E-state index >= 15 is 0 Å². The topological polar surface area (TPSA) is 49.3 Å². The molecule has 0 radical (unpaired) electrons. The van der Waals surface area contributed by atoms with Crippen LogP contribution in [0.4, 0.5) is 5.69 Å². The van der Waals surface area contributed by atoms with Crippen LogP contribution >= 0.6 is 11.6 Å². The van der Waals surface area contributed by atoms with Crippen molar-refractivity contribution in [2.24, 2.45) is 0 Å².